The van der Waals surface area contributed by atoms with Crippen LogP contribution in [0.2, 0.25) is 5.02 Å². The minimum absolute atomic E-state index is 0.0263. The van der Waals surface area contributed by atoms with Crippen molar-refractivity contribution in [3.05, 3.63) is 52.4 Å². The smallest absolute Gasteiger partial charge is 0.413 e. The molecule has 8 nitrogen and oxygen atoms in total. The first-order valence-corrected chi connectivity index (χ1v) is 11.4. The number of anilines is 2. The van der Waals surface area contributed by atoms with E-state index >= 15 is 0 Å². The fourth-order valence-corrected chi connectivity index (χ4v) is 3.92. The van der Waals surface area contributed by atoms with Crippen molar-refractivity contribution in [2.45, 2.75) is 58.6 Å². The Morgan fingerprint density at radius 2 is 1.91 bits per heavy atom. The molecule has 1 aliphatic rings. The molecule has 0 saturated carbocycles. The third-order valence-corrected chi connectivity index (χ3v) is 5.53. The lowest BCUT2D eigenvalue weighted by Gasteiger charge is -2.35. The first-order valence-electron chi connectivity index (χ1n) is 11.0. The van der Waals surface area contributed by atoms with Gasteiger partial charge in [0.25, 0.3) is 0 Å². The summed E-state index contributed by atoms with van der Waals surface area (Å²) in [6.07, 6.45) is 2.98. The minimum atomic E-state index is -0.811. The molecule has 3 rings (SSSR count). The molecule has 0 radical (unpaired) electrons. The maximum atomic E-state index is 13.6. The van der Waals surface area contributed by atoms with Crippen LogP contribution in [0.4, 0.5) is 20.7 Å². The summed E-state index contributed by atoms with van der Waals surface area (Å²) >= 11 is 5.92. The van der Waals surface area contributed by atoms with Crippen LogP contribution in [0.15, 0.2) is 30.5 Å². The SMILES string of the molecule is Cc1cc(NC(=O)C(=O)N2CCCC[C@H]2c2ccc(F)c(Cl)c2)cnc1NC(=O)OC(C)(C)C. The molecule has 1 fully saturated rings. The van der Waals surface area contributed by atoms with Crippen LogP contribution in [0.1, 0.15) is 57.2 Å². The number of carbonyl (C=O) groups excluding carboxylic acids is 3. The number of ether oxygens (including phenoxy) is 1. The highest BCUT2D eigenvalue weighted by molar-refractivity contribution is 6.39. The van der Waals surface area contributed by atoms with E-state index in [4.69, 9.17) is 16.3 Å². The van der Waals surface area contributed by atoms with Crippen LogP contribution in [0.25, 0.3) is 0 Å². The molecule has 1 aliphatic heterocycles. The minimum Gasteiger partial charge on any atom is -0.444 e. The molecule has 0 spiro atoms. The van der Waals surface area contributed by atoms with Crippen molar-refractivity contribution >= 4 is 41.0 Å². The largest absolute Gasteiger partial charge is 0.444 e. The van der Waals surface area contributed by atoms with Crippen LogP contribution in [0.5, 0.6) is 0 Å². The monoisotopic (exact) mass is 490 g/mol. The number of benzene rings is 1. The number of pyridine rings is 1. The Morgan fingerprint density at radius 1 is 1.18 bits per heavy atom. The molecule has 1 aromatic heterocycles. The first kappa shape index (κ1) is 25.4. The summed E-state index contributed by atoms with van der Waals surface area (Å²) in [6.45, 7) is 7.36. The van der Waals surface area contributed by atoms with E-state index in [0.717, 1.165) is 12.8 Å². The van der Waals surface area contributed by atoms with Gasteiger partial charge in [-0.3, -0.25) is 14.9 Å². The highest BCUT2D eigenvalue weighted by atomic mass is 35.5. The molecule has 0 unspecified atom stereocenters. The number of amides is 3. The number of hydrogen-bond acceptors (Lipinski definition) is 5. The van der Waals surface area contributed by atoms with E-state index < -0.39 is 29.3 Å². The van der Waals surface area contributed by atoms with E-state index in [1.165, 1.54) is 23.2 Å². The van der Waals surface area contributed by atoms with Crippen molar-refractivity contribution in [2.75, 3.05) is 17.2 Å². The fourth-order valence-electron chi connectivity index (χ4n) is 3.73. The molecule has 0 aliphatic carbocycles. The van der Waals surface area contributed by atoms with E-state index in [0.29, 0.717) is 29.8 Å². The lowest BCUT2D eigenvalue weighted by atomic mass is 9.95. The van der Waals surface area contributed by atoms with E-state index in [1.54, 1.807) is 39.8 Å². The molecular formula is C24H28ClFN4O4. The number of aromatic nitrogens is 1. The van der Waals surface area contributed by atoms with Crippen molar-refractivity contribution in [3.63, 3.8) is 0 Å². The third-order valence-electron chi connectivity index (χ3n) is 5.24. The number of carbonyl (C=O) groups is 3. The molecule has 2 N–H and O–H groups in total. The zero-order valence-corrected chi connectivity index (χ0v) is 20.3. The van der Waals surface area contributed by atoms with Crippen LogP contribution in [0, 0.1) is 12.7 Å². The zero-order valence-electron chi connectivity index (χ0n) is 19.6. The lowest BCUT2D eigenvalue weighted by molar-refractivity contribution is -0.145. The van der Waals surface area contributed by atoms with Gasteiger partial charge in [0, 0.05) is 6.54 Å². The Bertz CT molecular complexity index is 1100. The average Bonchev–Trinajstić information content (AvgIpc) is 2.75. The summed E-state index contributed by atoms with van der Waals surface area (Å²) in [5, 5.41) is 5.10. The molecule has 10 heteroatoms. The van der Waals surface area contributed by atoms with Gasteiger partial charge in [0.2, 0.25) is 0 Å². The van der Waals surface area contributed by atoms with E-state index in [2.05, 4.69) is 15.6 Å². The van der Waals surface area contributed by atoms with Gasteiger partial charge in [-0.25, -0.2) is 14.2 Å². The molecule has 0 bridgehead atoms. The van der Waals surface area contributed by atoms with Crippen molar-refractivity contribution in [2.24, 2.45) is 0 Å². The van der Waals surface area contributed by atoms with E-state index in [-0.39, 0.29) is 16.9 Å². The molecule has 34 heavy (non-hydrogen) atoms. The molecule has 1 saturated heterocycles. The number of hydrogen-bond donors (Lipinski definition) is 2. The summed E-state index contributed by atoms with van der Waals surface area (Å²) in [4.78, 5) is 43.3. The van der Waals surface area contributed by atoms with Gasteiger partial charge in [0.05, 0.1) is 22.9 Å². The molecule has 2 heterocycles. The number of nitrogens with zero attached hydrogens (tertiary/aromatic N) is 2. The quantitative estimate of drug-likeness (QED) is 0.574. The van der Waals surface area contributed by atoms with Crippen LogP contribution >= 0.6 is 11.6 Å². The number of likely N-dealkylation sites (tertiary alicyclic amines) is 1. The third kappa shape index (κ3) is 6.44. The van der Waals surface area contributed by atoms with Crippen LogP contribution in [0.3, 0.4) is 0 Å². The highest BCUT2D eigenvalue weighted by Gasteiger charge is 2.32. The number of aryl methyl sites for hydroxylation is 1. The number of nitrogens with one attached hydrogen (secondary N) is 2. The van der Waals surface area contributed by atoms with Gasteiger partial charge < -0.3 is 15.0 Å². The average molecular weight is 491 g/mol. The van der Waals surface area contributed by atoms with Crippen LogP contribution < -0.4 is 10.6 Å². The van der Waals surface area contributed by atoms with Crippen LogP contribution in [-0.2, 0) is 14.3 Å². The Kier molecular flexibility index (Phi) is 7.76. The normalized spacial score (nSPS) is 16.1. The predicted octanol–water partition coefficient (Wildman–Crippen LogP) is 5.22. The highest BCUT2D eigenvalue weighted by Crippen LogP contribution is 2.33. The van der Waals surface area contributed by atoms with E-state index in [9.17, 15) is 18.8 Å². The van der Waals surface area contributed by atoms with Gasteiger partial charge in [0.15, 0.2) is 0 Å². The molecule has 1 atom stereocenters. The second-order valence-corrected chi connectivity index (χ2v) is 9.56. The topological polar surface area (TPSA) is 101 Å². The molecular weight excluding hydrogens is 463 g/mol. The Morgan fingerprint density at radius 3 is 2.56 bits per heavy atom. The Labute approximate surface area is 202 Å². The Balaban J connectivity index is 1.69. The standard InChI is InChI=1S/C24H28ClFN4O4/c1-14-11-16(13-27-20(14)29-23(33)34-24(2,3)4)28-21(31)22(32)30-10-6-5-7-19(30)15-8-9-18(26)17(25)12-15/h8-9,11-13,19H,5-7,10H2,1-4H3,(H,28,31)(H,27,29,33)/t19-/m0/s1. The number of piperidine rings is 1. The molecule has 2 aromatic rings. The van der Waals surface area contributed by atoms with E-state index in [1.807, 2.05) is 0 Å². The van der Waals surface area contributed by atoms with Gasteiger partial charge in [-0.15, -0.1) is 0 Å². The maximum Gasteiger partial charge on any atom is 0.413 e. The summed E-state index contributed by atoms with van der Waals surface area (Å²) in [5.74, 6) is -1.76. The molecule has 1 aromatic carbocycles. The lowest BCUT2D eigenvalue weighted by Crippen LogP contribution is -2.44. The summed E-state index contributed by atoms with van der Waals surface area (Å²) in [6, 6.07) is 5.56. The van der Waals surface area contributed by atoms with Gasteiger partial charge >= 0.3 is 17.9 Å². The summed E-state index contributed by atoms with van der Waals surface area (Å²) < 4.78 is 18.8. The summed E-state index contributed by atoms with van der Waals surface area (Å²) in [7, 11) is 0. The van der Waals surface area contributed by atoms with Crippen molar-refractivity contribution in [1.29, 1.82) is 0 Å². The number of rotatable bonds is 3. The summed E-state index contributed by atoms with van der Waals surface area (Å²) in [5.41, 5.74) is 0.914. The maximum absolute atomic E-state index is 13.6. The molecule has 3 amide bonds. The van der Waals surface area contributed by atoms with Crippen molar-refractivity contribution in [1.82, 2.24) is 9.88 Å². The van der Waals surface area contributed by atoms with Crippen molar-refractivity contribution in [3.8, 4) is 0 Å². The van der Waals surface area contributed by atoms with Crippen LogP contribution in [-0.4, -0.2) is 39.9 Å². The first-order chi connectivity index (χ1) is 15.9. The van der Waals surface area contributed by atoms with Gasteiger partial charge in [-0.1, -0.05) is 17.7 Å². The van der Waals surface area contributed by atoms with Gasteiger partial charge in [-0.05, 0) is 76.3 Å². The number of halogens is 2. The Hall–Kier alpha value is -3.20. The molecule has 182 valence electrons. The van der Waals surface area contributed by atoms with Gasteiger partial charge in [-0.2, -0.15) is 0 Å². The van der Waals surface area contributed by atoms with Crippen molar-refractivity contribution < 1.29 is 23.5 Å². The second-order valence-electron chi connectivity index (χ2n) is 9.15. The van der Waals surface area contributed by atoms with Gasteiger partial charge in [0.1, 0.15) is 17.2 Å². The fraction of sp³-hybridized carbons (Fsp3) is 0.417. The zero-order chi connectivity index (χ0) is 25.0. The second kappa shape index (κ2) is 10.4. The predicted molar refractivity (Wildman–Crippen MR) is 127 cm³/mol.